The normalized spacial score (nSPS) is 19.8. The molecular weight excluding hydrogens is 400 g/mol. The van der Waals surface area contributed by atoms with Crippen molar-refractivity contribution >= 4 is 25.8 Å². The average molecular weight is 431 g/mol. The van der Waals surface area contributed by atoms with Gasteiger partial charge in [-0.1, -0.05) is 32.9 Å². The van der Waals surface area contributed by atoms with Gasteiger partial charge in [0.2, 0.25) is 15.9 Å². The number of rotatable bonds is 5. The van der Waals surface area contributed by atoms with Gasteiger partial charge < -0.3 is 5.32 Å². The zero-order valence-electron chi connectivity index (χ0n) is 17.4. The van der Waals surface area contributed by atoms with Crippen LogP contribution in [0, 0.1) is 13.8 Å². The summed E-state index contributed by atoms with van der Waals surface area (Å²) in [6, 6.07) is 3.29. The Hall–Kier alpha value is -1.45. The molecule has 1 saturated heterocycles. The number of nitrogens with one attached hydrogen (secondary N) is 1. The standard InChI is InChI=1S/C19H30N2O5S2/c1-13-9-15(19(3,4)5)10-14(2)18(13)28(25,26)21(6)11-17(22)20-16-7-8-27(23,24)12-16/h9-10,16H,7-8,11-12H2,1-6H3,(H,20,22)/t16-/m0/s1. The number of sulfonamides is 1. The van der Waals surface area contributed by atoms with Crippen LogP contribution in [0.3, 0.4) is 0 Å². The summed E-state index contributed by atoms with van der Waals surface area (Å²) >= 11 is 0. The Bertz CT molecular complexity index is 953. The summed E-state index contributed by atoms with van der Waals surface area (Å²) in [5.41, 5.74) is 2.22. The van der Waals surface area contributed by atoms with E-state index in [2.05, 4.69) is 26.1 Å². The van der Waals surface area contributed by atoms with E-state index in [1.807, 2.05) is 12.1 Å². The molecule has 1 amide bonds. The van der Waals surface area contributed by atoms with Crippen molar-refractivity contribution in [2.24, 2.45) is 0 Å². The van der Waals surface area contributed by atoms with Crippen molar-refractivity contribution in [3.63, 3.8) is 0 Å². The summed E-state index contributed by atoms with van der Waals surface area (Å²) in [6.45, 7) is 9.34. The minimum Gasteiger partial charge on any atom is -0.351 e. The first kappa shape index (κ1) is 22.8. The fraction of sp³-hybridized carbons (Fsp3) is 0.632. The molecule has 2 rings (SSSR count). The number of benzene rings is 1. The molecule has 158 valence electrons. The summed E-state index contributed by atoms with van der Waals surface area (Å²) in [6.07, 6.45) is 0.358. The van der Waals surface area contributed by atoms with Gasteiger partial charge in [0, 0.05) is 13.1 Å². The number of amides is 1. The first-order valence-corrected chi connectivity index (χ1v) is 12.5. The van der Waals surface area contributed by atoms with Crippen LogP contribution in [-0.2, 0) is 30.1 Å². The second-order valence-corrected chi connectivity index (χ2v) is 12.8. The molecule has 1 N–H and O–H groups in total. The summed E-state index contributed by atoms with van der Waals surface area (Å²) in [7, 11) is -5.62. The zero-order chi connectivity index (χ0) is 21.5. The number of hydrogen-bond acceptors (Lipinski definition) is 5. The molecule has 7 nitrogen and oxygen atoms in total. The van der Waals surface area contributed by atoms with Gasteiger partial charge >= 0.3 is 0 Å². The van der Waals surface area contributed by atoms with Crippen molar-refractivity contribution in [2.45, 2.75) is 57.4 Å². The van der Waals surface area contributed by atoms with E-state index in [0.717, 1.165) is 9.87 Å². The van der Waals surface area contributed by atoms with Crippen LogP contribution in [0.25, 0.3) is 0 Å². The largest absolute Gasteiger partial charge is 0.351 e. The second kappa shape index (κ2) is 7.76. The highest BCUT2D eigenvalue weighted by Crippen LogP contribution is 2.30. The van der Waals surface area contributed by atoms with Gasteiger partial charge in [0.1, 0.15) is 0 Å². The molecule has 1 heterocycles. The van der Waals surface area contributed by atoms with Crippen LogP contribution in [0.1, 0.15) is 43.9 Å². The number of likely N-dealkylation sites (N-methyl/N-ethyl adjacent to an activating group) is 1. The maximum Gasteiger partial charge on any atom is 0.243 e. The molecule has 9 heteroatoms. The van der Waals surface area contributed by atoms with E-state index in [-0.39, 0.29) is 28.4 Å². The molecule has 1 aromatic rings. The fourth-order valence-electron chi connectivity index (χ4n) is 3.42. The van der Waals surface area contributed by atoms with E-state index in [4.69, 9.17) is 0 Å². The predicted molar refractivity (Wildman–Crippen MR) is 110 cm³/mol. The molecule has 0 bridgehead atoms. The average Bonchev–Trinajstić information content (AvgIpc) is 2.83. The van der Waals surface area contributed by atoms with E-state index in [1.54, 1.807) is 13.8 Å². The van der Waals surface area contributed by atoms with Gasteiger partial charge in [-0.3, -0.25) is 4.79 Å². The summed E-state index contributed by atoms with van der Waals surface area (Å²) in [5.74, 6) is -0.554. The maximum atomic E-state index is 13.1. The number of nitrogens with zero attached hydrogens (tertiary/aromatic N) is 1. The van der Waals surface area contributed by atoms with Crippen molar-refractivity contribution in [2.75, 3.05) is 25.1 Å². The van der Waals surface area contributed by atoms with Gasteiger partial charge in [0.05, 0.1) is 22.9 Å². The smallest absolute Gasteiger partial charge is 0.243 e. The Labute approximate surface area is 168 Å². The second-order valence-electron chi connectivity index (χ2n) is 8.62. The van der Waals surface area contributed by atoms with Gasteiger partial charge in [0.25, 0.3) is 0 Å². The van der Waals surface area contributed by atoms with Crippen LogP contribution < -0.4 is 5.32 Å². The van der Waals surface area contributed by atoms with E-state index in [1.165, 1.54) is 7.05 Å². The SMILES string of the molecule is Cc1cc(C(C)(C)C)cc(C)c1S(=O)(=O)N(C)CC(=O)N[C@H]1CCS(=O)(=O)C1. The van der Waals surface area contributed by atoms with Gasteiger partial charge in [-0.05, 0) is 42.4 Å². The molecule has 0 unspecified atom stereocenters. The lowest BCUT2D eigenvalue weighted by Crippen LogP contribution is -2.43. The third kappa shape index (κ3) is 5.12. The number of hydrogen-bond donors (Lipinski definition) is 1. The predicted octanol–water partition coefficient (Wildman–Crippen LogP) is 1.52. The highest BCUT2D eigenvalue weighted by molar-refractivity contribution is 7.91. The van der Waals surface area contributed by atoms with E-state index in [9.17, 15) is 21.6 Å². The van der Waals surface area contributed by atoms with Crippen molar-refractivity contribution in [3.8, 4) is 0 Å². The lowest BCUT2D eigenvalue weighted by Gasteiger charge is -2.24. The molecule has 0 aromatic heterocycles. The maximum absolute atomic E-state index is 13.1. The Balaban J connectivity index is 2.19. The number of aryl methyl sites for hydroxylation is 2. The minimum absolute atomic E-state index is 0.0462. The molecule has 28 heavy (non-hydrogen) atoms. The molecule has 1 aromatic carbocycles. The molecule has 0 radical (unpaired) electrons. The van der Waals surface area contributed by atoms with Crippen molar-refractivity contribution in [3.05, 3.63) is 28.8 Å². The van der Waals surface area contributed by atoms with Gasteiger partial charge in [-0.25, -0.2) is 16.8 Å². The molecule has 0 aliphatic carbocycles. The summed E-state index contributed by atoms with van der Waals surface area (Å²) < 4.78 is 50.1. The number of sulfone groups is 1. The lowest BCUT2D eigenvalue weighted by atomic mass is 9.85. The Morgan fingerprint density at radius 3 is 2.18 bits per heavy atom. The van der Waals surface area contributed by atoms with Crippen LogP contribution in [0.4, 0.5) is 0 Å². The van der Waals surface area contributed by atoms with Crippen LogP contribution >= 0.6 is 0 Å². The van der Waals surface area contributed by atoms with Crippen LogP contribution in [-0.4, -0.2) is 58.2 Å². The van der Waals surface area contributed by atoms with Crippen molar-refractivity contribution < 1.29 is 21.6 Å². The lowest BCUT2D eigenvalue weighted by molar-refractivity contribution is -0.121. The molecule has 1 fully saturated rings. The molecule has 1 aliphatic rings. The fourth-order valence-corrected chi connectivity index (χ4v) is 6.62. The molecule has 1 aliphatic heterocycles. The summed E-state index contributed by atoms with van der Waals surface area (Å²) in [5, 5.41) is 2.62. The molecule has 0 spiro atoms. The highest BCUT2D eigenvalue weighted by Gasteiger charge is 2.31. The first-order valence-electron chi connectivity index (χ1n) is 9.21. The molecule has 1 atom stereocenters. The van der Waals surface area contributed by atoms with Gasteiger partial charge in [-0.2, -0.15) is 4.31 Å². The van der Waals surface area contributed by atoms with Crippen LogP contribution in [0.5, 0.6) is 0 Å². The monoisotopic (exact) mass is 430 g/mol. The van der Waals surface area contributed by atoms with E-state index < -0.39 is 31.8 Å². The Kier molecular flexibility index (Phi) is 6.33. The third-order valence-corrected chi connectivity index (χ3v) is 8.84. The van der Waals surface area contributed by atoms with Crippen molar-refractivity contribution in [1.29, 1.82) is 0 Å². The highest BCUT2D eigenvalue weighted by atomic mass is 32.2. The van der Waals surface area contributed by atoms with Crippen molar-refractivity contribution in [1.82, 2.24) is 9.62 Å². The van der Waals surface area contributed by atoms with Crippen LogP contribution in [0.2, 0.25) is 0 Å². The van der Waals surface area contributed by atoms with Crippen LogP contribution in [0.15, 0.2) is 17.0 Å². The van der Waals surface area contributed by atoms with E-state index >= 15 is 0 Å². The number of carbonyl (C=O) groups excluding carboxylic acids is 1. The number of carbonyl (C=O) groups is 1. The quantitative estimate of drug-likeness (QED) is 0.763. The third-order valence-electron chi connectivity index (χ3n) is 4.96. The van der Waals surface area contributed by atoms with Gasteiger partial charge in [0.15, 0.2) is 9.84 Å². The topological polar surface area (TPSA) is 101 Å². The molecule has 0 saturated carbocycles. The Morgan fingerprint density at radius 2 is 1.75 bits per heavy atom. The zero-order valence-corrected chi connectivity index (χ0v) is 19.0. The molecular formula is C19H30N2O5S2. The summed E-state index contributed by atoms with van der Waals surface area (Å²) in [4.78, 5) is 12.4. The minimum atomic E-state index is -3.86. The van der Waals surface area contributed by atoms with E-state index in [0.29, 0.717) is 17.5 Å². The Morgan fingerprint density at radius 1 is 1.21 bits per heavy atom. The first-order chi connectivity index (χ1) is 12.6. The van der Waals surface area contributed by atoms with Gasteiger partial charge in [-0.15, -0.1) is 0 Å².